The SMILES string of the molecule is C=C/C(=C/CC(=O)N(C)C)C(=O)N(C)C. The molecule has 0 saturated heterocycles. The van der Waals surface area contributed by atoms with Crippen molar-refractivity contribution >= 4 is 11.8 Å². The van der Waals surface area contributed by atoms with Crippen molar-refractivity contribution in [2.24, 2.45) is 0 Å². The molecule has 84 valence electrons. The highest BCUT2D eigenvalue weighted by Crippen LogP contribution is 2.03. The van der Waals surface area contributed by atoms with Crippen LogP contribution in [0.2, 0.25) is 0 Å². The highest BCUT2D eigenvalue weighted by Gasteiger charge is 2.09. The summed E-state index contributed by atoms with van der Waals surface area (Å²) >= 11 is 0. The van der Waals surface area contributed by atoms with Crippen LogP contribution in [0.4, 0.5) is 0 Å². The van der Waals surface area contributed by atoms with E-state index in [0.29, 0.717) is 5.57 Å². The summed E-state index contributed by atoms with van der Waals surface area (Å²) in [7, 11) is 6.68. The molecule has 0 aliphatic carbocycles. The average Bonchev–Trinajstić information content (AvgIpc) is 2.17. The molecule has 0 saturated carbocycles. The Morgan fingerprint density at radius 1 is 1.13 bits per heavy atom. The van der Waals surface area contributed by atoms with Gasteiger partial charge in [0.2, 0.25) is 5.91 Å². The maximum Gasteiger partial charge on any atom is 0.253 e. The summed E-state index contributed by atoms with van der Waals surface area (Å²) in [6.45, 7) is 3.55. The first-order chi connectivity index (χ1) is 6.90. The minimum atomic E-state index is -0.142. The standard InChI is InChI=1S/C11H18N2O2/c1-6-9(11(15)13(4)5)7-8-10(14)12(2)3/h6-7H,1,8H2,2-5H3/b9-7-. The lowest BCUT2D eigenvalue weighted by atomic mass is 10.2. The van der Waals surface area contributed by atoms with Crippen molar-refractivity contribution in [3.05, 3.63) is 24.3 Å². The van der Waals surface area contributed by atoms with Gasteiger partial charge >= 0.3 is 0 Å². The third kappa shape index (κ3) is 4.44. The molecule has 0 spiro atoms. The van der Waals surface area contributed by atoms with Crippen molar-refractivity contribution in [2.75, 3.05) is 28.2 Å². The Labute approximate surface area is 90.9 Å². The van der Waals surface area contributed by atoms with Gasteiger partial charge in [-0.25, -0.2) is 0 Å². The zero-order valence-electron chi connectivity index (χ0n) is 9.78. The molecule has 0 aliphatic heterocycles. The molecule has 0 aromatic heterocycles. The Morgan fingerprint density at radius 2 is 1.67 bits per heavy atom. The van der Waals surface area contributed by atoms with Crippen molar-refractivity contribution in [1.82, 2.24) is 9.80 Å². The minimum Gasteiger partial charge on any atom is -0.349 e. The number of carbonyl (C=O) groups is 2. The maximum absolute atomic E-state index is 11.5. The highest BCUT2D eigenvalue weighted by atomic mass is 16.2. The van der Waals surface area contributed by atoms with Crippen molar-refractivity contribution in [3.63, 3.8) is 0 Å². The zero-order valence-corrected chi connectivity index (χ0v) is 9.78. The fourth-order valence-electron chi connectivity index (χ4n) is 0.896. The molecule has 0 aromatic rings. The summed E-state index contributed by atoms with van der Waals surface area (Å²) in [5.74, 6) is -0.183. The van der Waals surface area contributed by atoms with Crippen LogP contribution < -0.4 is 0 Å². The quantitative estimate of drug-likeness (QED) is 0.505. The zero-order chi connectivity index (χ0) is 12.0. The fraction of sp³-hybridized carbons (Fsp3) is 0.455. The minimum absolute atomic E-state index is 0.0408. The van der Waals surface area contributed by atoms with Gasteiger partial charge in [-0.2, -0.15) is 0 Å². The van der Waals surface area contributed by atoms with E-state index >= 15 is 0 Å². The number of carbonyl (C=O) groups excluding carboxylic acids is 2. The van der Waals surface area contributed by atoms with E-state index in [1.165, 1.54) is 15.9 Å². The Morgan fingerprint density at radius 3 is 2.00 bits per heavy atom. The summed E-state index contributed by atoms with van der Waals surface area (Å²) in [5.41, 5.74) is 0.454. The molecular formula is C11H18N2O2. The van der Waals surface area contributed by atoms with Gasteiger partial charge in [-0.15, -0.1) is 0 Å². The topological polar surface area (TPSA) is 40.6 Å². The van der Waals surface area contributed by atoms with E-state index in [1.54, 1.807) is 34.3 Å². The van der Waals surface area contributed by atoms with Gasteiger partial charge in [-0.1, -0.05) is 18.7 Å². The highest BCUT2D eigenvalue weighted by molar-refractivity contribution is 5.96. The first kappa shape index (κ1) is 13.4. The van der Waals surface area contributed by atoms with Gasteiger partial charge < -0.3 is 9.80 Å². The lowest BCUT2D eigenvalue weighted by Crippen LogP contribution is -2.24. The van der Waals surface area contributed by atoms with Crippen LogP contribution in [-0.4, -0.2) is 49.8 Å². The lowest BCUT2D eigenvalue weighted by molar-refractivity contribution is -0.127. The third-order valence-corrected chi connectivity index (χ3v) is 1.87. The number of hydrogen-bond donors (Lipinski definition) is 0. The van der Waals surface area contributed by atoms with Crippen molar-refractivity contribution in [2.45, 2.75) is 6.42 Å². The number of rotatable bonds is 4. The molecule has 0 atom stereocenters. The molecule has 2 amide bonds. The van der Waals surface area contributed by atoms with Gasteiger partial charge in [0.05, 0.1) is 0 Å². The van der Waals surface area contributed by atoms with Gasteiger partial charge in [0.15, 0.2) is 0 Å². The van der Waals surface area contributed by atoms with Gasteiger partial charge in [-0.3, -0.25) is 9.59 Å². The van der Waals surface area contributed by atoms with Crippen LogP contribution in [0, 0.1) is 0 Å². The molecule has 15 heavy (non-hydrogen) atoms. The van der Waals surface area contributed by atoms with E-state index in [9.17, 15) is 9.59 Å². The maximum atomic E-state index is 11.5. The molecule has 4 heteroatoms. The number of amides is 2. The van der Waals surface area contributed by atoms with E-state index in [-0.39, 0.29) is 18.2 Å². The molecule has 0 radical (unpaired) electrons. The van der Waals surface area contributed by atoms with Crippen LogP contribution in [0.5, 0.6) is 0 Å². The Balaban J connectivity index is 4.55. The van der Waals surface area contributed by atoms with Gasteiger partial charge in [-0.05, 0) is 0 Å². The summed E-state index contributed by atoms with van der Waals surface area (Å²) < 4.78 is 0. The van der Waals surface area contributed by atoms with E-state index < -0.39 is 0 Å². The molecule has 0 N–H and O–H groups in total. The van der Waals surface area contributed by atoms with Crippen LogP contribution in [-0.2, 0) is 9.59 Å². The molecule has 0 bridgehead atoms. The summed E-state index contributed by atoms with van der Waals surface area (Å²) in [5, 5.41) is 0. The first-order valence-electron chi connectivity index (χ1n) is 4.64. The van der Waals surface area contributed by atoms with Crippen LogP contribution >= 0.6 is 0 Å². The van der Waals surface area contributed by atoms with Crippen LogP contribution in [0.1, 0.15) is 6.42 Å². The van der Waals surface area contributed by atoms with Crippen molar-refractivity contribution < 1.29 is 9.59 Å². The molecular weight excluding hydrogens is 192 g/mol. The summed E-state index contributed by atoms with van der Waals surface area (Å²) in [6, 6.07) is 0. The van der Waals surface area contributed by atoms with E-state index in [2.05, 4.69) is 6.58 Å². The Kier molecular flexibility index (Phi) is 5.37. The van der Waals surface area contributed by atoms with Crippen LogP contribution in [0.3, 0.4) is 0 Å². The summed E-state index contributed by atoms with van der Waals surface area (Å²) in [6.07, 6.45) is 3.27. The van der Waals surface area contributed by atoms with Gasteiger partial charge in [0, 0.05) is 40.2 Å². The lowest BCUT2D eigenvalue weighted by Gasteiger charge is -2.11. The van der Waals surface area contributed by atoms with E-state index in [1.807, 2.05) is 0 Å². The first-order valence-corrected chi connectivity index (χ1v) is 4.64. The van der Waals surface area contributed by atoms with Gasteiger partial charge in [0.25, 0.3) is 5.91 Å². The van der Waals surface area contributed by atoms with Crippen molar-refractivity contribution in [3.8, 4) is 0 Å². The number of hydrogen-bond acceptors (Lipinski definition) is 2. The largest absolute Gasteiger partial charge is 0.349 e. The van der Waals surface area contributed by atoms with Crippen LogP contribution in [0.25, 0.3) is 0 Å². The predicted molar refractivity (Wildman–Crippen MR) is 60.3 cm³/mol. The Hall–Kier alpha value is -1.58. The number of likely N-dealkylation sites (N-methyl/N-ethyl adjacent to an activating group) is 1. The van der Waals surface area contributed by atoms with Crippen molar-refractivity contribution in [1.29, 1.82) is 0 Å². The molecule has 0 fully saturated rings. The second kappa shape index (κ2) is 6.01. The monoisotopic (exact) mass is 210 g/mol. The molecule has 0 aliphatic rings. The second-order valence-electron chi connectivity index (χ2n) is 3.56. The third-order valence-electron chi connectivity index (χ3n) is 1.87. The number of nitrogens with zero attached hydrogens (tertiary/aromatic N) is 2. The molecule has 0 unspecified atom stereocenters. The second-order valence-corrected chi connectivity index (χ2v) is 3.56. The molecule has 4 nitrogen and oxygen atoms in total. The molecule has 0 heterocycles. The average molecular weight is 210 g/mol. The van der Waals surface area contributed by atoms with E-state index in [4.69, 9.17) is 0 Å². The molecule has 0 rings (SSSR count). The Bertz CT molecular complexity index is 291. The van der Waals surface area contributed by atoms with Crippen LogP contribution in [0.15, 0.2) is 24.3 Å². The van der Waals surface area contributed by atoms with E-state index in [0.717, 1.165) is 0 Å². The van der Waals surface area contributed by atoms with Gasteiger partial charge in [0.1, 0.15) is 0 Å². The normalized spacial score (nSPS) is 10.8. The fourth-order valence-corrected chi connectivity index (χ4v) is 0.896. The predicted octanol–water partition coefficient (Wildman–Crippen LogP) is 0.665. The molecule has 0 aromatic carbocycles. The summed E-state index contributed by atoms with van der Waals surface area (Å²) in [4.78, 5) is 25.7. The smallest absolute Gasteiger partial charge is 0.253 e.